The van der Waals surface area contributed by atoms with Crippen molar-refractivity contribution in [1.82, 2.24) is 20.1 Å². The van der Waals surface area contributed by atoms with Gasteiger partial charge in [-0.1, -0.05) is 55.1 Å². The normalized spacial score (nSPS) is 11.4. The minimum Gasteiger partial charge on any atom is -0.497 e. The van der Waals surface area contributed by atoms with Crippen molar-refractivity contribution in [3.05, 3.63) is 100 Å². The molecule has 0 radical (unpaired) electrons. The van der Waals surface area contributed by atoms with Gasteiger partial charge in [-0.25, -0.2) is 0 Å². The van der Waals surface area contributed by atoms with E-state index in [9.17, 15) is 18.0 Å². The fourth-order valence-corrected chi connectivity index (χ4v) is 4.95. The van der Waals surface area contributed by atoms with Gasteiger partial charge in [-0.2, -0.15) is 13.2 Å². The van der Waals surface area contributed by atoms with Crippen LogP contribution in [-0.4, -0.2) is 27.8 Å². The molecule has 0 atom stereocenters. The lowest BCUT2D eigenvalue weighted by molar-refractivity contribution is -0.137. The number of aryl methyl sites for hydroxylation is 2. The smallest absolute Gasteiger partial charge is 0.416 e. The minimum atomic E-state index is -4.41. The summed E-state index contributed by atoms with van der Waals surface area (Å²) in [5.41, 5.74) is 3.27. The number of benzene rings is 3. The van der Waals surface area contributed by atoms with Crippen molar-refractivity contribution in [3.8, 4) is 11.4 Å². The lowest BCUT2D eigenvalue weighted by atomic mass is 10.1. The first-order valence-electron chi connectivity index (χ1n) is 12.0. The number of para-hydroxylation sites is 1. The van der Waals surface area contributed by atoms with E-state index in [1.165, 1.54) is 17.8 Å². The van der Waals surface area contributed by atoms with Gasteiger partial charge in [0.05, 0.1) is 24.9 Å². The predicted molar refractivity (Wildman–Crippen MR) is 141 cm³/mol. The van der Waals surface area contributed by atoms with Gasteiger partial charge in [-0.3, -0.25) is 9.36 Å². The Morgan fingerprint density at radius 2 is 1.79 bits per heavy atom. The first-order valence-corrected chi connectivity index (χ1v) is 12.9. The number of nitrogens with zero attached hydrogens (tertiary/aromatic N) is 3. The Morgan fingerprint density at radius 3 is 2.47 bits per heavy atom. The maximum Gasteiger partial charge on any atom is 0.416 e. The summed E-state index contributed by atoms with van der Waals surface area (Å²) in [6.07, 6.45) is -3.66. The van der Waals surface area contributed by atoms with Crippen LogP contribution in [0.1, 0.15) is 45.4 Å². The van der Waals surface area contributed by atoms with Gasteiger partial charge in [-0.05, 0) is 60.4 Å². The number of aromatic nitrogens is 3. The van der Waals surface area contributed by atoms with E-state index in [1.807, 2.05) is 36.6 Å². The molecule has 1 N–H and O–H groups in total. The van der Waals surface area contributed by atoms with Crippen LogP contribution in [-0.2, 0) is 24.9 Å². The van der Waals surface area contributed by atoms with Crippen molar-refractivity contribution in [3.63, 3.8) is 0 Å². The van der Waals surface area contributed by atoms with Gasteiger partial charge in [0, 0.05) is 11.3 Å². The molecule has 4 rings (SSSR count). The van der Waals surface area contributed by atoms with Gasteiger partial charge in [0.2, 0.25) is 0 Å². The molecular formula is C28H27F3N4O2S. The summed E-state index contributed by atoms with van der Waals surface area (Å²) in [6.45, 7) is 4.14. The van der Waals surface area contributed by atoms with Gasteiger partial charge in [0.1, 0.15) is 5.75 Å². The second-order valence-electron chi connectivity index (χ2n) is 8.57. The summed E-state index contributed by atoms with van der Waals surface area (Å²) in [5.74, 6) is 1.16. The van der Waals surface area contributed by atoms with Crippen molar-refractivity contribution < 1.29 is 22.7 Å². The van der Waals surface area contributed by atoms with E-state index in [0.29, 0.717) is 27.9 Å². The quantitative estimate of drug-likeness (QED) is 0.249. The van der Waals surface area contributed by atoms with Gasteiger partial charge >= 0.3 is 6.18 Å². The molecule has 3 aromatic carbocycles. The predicted octanol–water partition coefficient (Wildman–Crippen LogP) is 6.39. The molecule has 1 heterocycles. The number of ether oxygens (including phenoxy) is 1. The Morgan fingerprint density at radius 1 is 1.05 bits per heavy atom. The van der Waals surface area contributed by atoms with E-state index in [0.717, 1.165) is 35.4 Å². The molecule has 0 bridgehead atoms. The van der Waals surface area contributed by atoms with E-state index in [2.05, 4.69) is 15.5 Å². The Balaban J connectivity index is 1.63. The molecule has 10 heteroatoms. The number of nitrogens with one attached hydrogen (secondary N) is 1. The van der Waals surface area contributed by atoms with E-state index < -0.39 is 11.7 Å². The Bertz CT molecular complexity index is 1420. The Kier molecular flexibility index (Phi) is 8.41. The molecule has 1 aromatic heterocycles. The van der Waals surface area contributed by atoms with Crippen LogP contribution in [0.5, 0.6) is 5.75 Å². The lowest BCUT2D eigenvalue weighted by Crippen LogP contribution is -2.25. The Labute approximate surface area is 223 Å². The molecule has 0 fully saturated rings. The van der Waals surface area contributed by atoms with Crippen molar-refractivity contribution in [2.24, 2.45) is 0 Å². The molecular weight excluding hydrogens is 513 g/mol. The molecule has 198 valence electrons. The Hall–Kier alpha value is -3.79. The van der Waals surface area contributed by atoms with Crippen molar-refractivity contribution in [2.75, 3.05) is 7.11 Å². The molecule has 0 aliphatic rings. The zero-order valence-electron chi connectivity index (χ0n) is 21.2. The number of carbonyl (C=O) groups is 1. The second-order valence-corrected chi connectivity index (χ2v) is 9.51. The summed E-state index contributed by atoms with van der Waals surface area (Å²) in [4.78, 5) is 12.8. The van der Waals surface area contributed by atoms with Crippen LogP contribution >= 0.6 is 11.8 Å². The number of thioether (sulfide) groups is 1. The summed E-state index contributed by atoms with van der Waals surface area (Å²) >= 11 is 1.29. The fraction of sp³-hybridized carbons (Fsp3) is 0.250. The minimum absolute atomic E-state index is 0.111. The highest BCUT2D eigenvalue weighted by molar-refractivity contribution is 7.98. The number of hydrogen-bond donors (Lipinski definition) is 1. The summed E-state index contributed by atoms with van der Waals surface area (Å²) in [6, 6.07) is 18.0. The zero-order valence-corrected chi connectivity index (χ0v) is 22.0. The average Bonchev–Trinajstić information content (AvgIpc) is 3.32. The number of halogens is 3. The first-order chi connectivity index (χ1) is 18.2. The van der Waals surface area contributed by atoms with Crippen LogP contribution in [0.25, 0.3) is 5.69 Å². The molecule has 0 spiro atoms. The molecule has 4 aromatic rings. The third kappa shape index (κ3) is 6.19. The van der Waals surface area contributed by atoms with Crippen LogP contribution in [0, 0.1) is 6.92 Å². The molecule has 0 saturated carbocycles. The highest BCUT2D eigenvalue weighted by Gasteiger charge is 2.30. The van der Waals surface area contributed by atoms with Crippen molar-refractivity contribution in [2.45, 2.75) is 43.9 Å². The number of alkyl halides is 3. The largest absolute Gasteiger partial charge is 0.497 e. The summed E-state index contributed by atoms with van der Waals surface area (Å²) in [7, 11) is 1.56. The van der Waals surface area contributed by atoms with Crippen LogP contribution in [0.15, 0.2) is 71.9 Å². The standard InChI is InChI=1S/C28H27F3N4O2S/c1-4-20-9-5-7-18(2)25(20)35-24(16-32-26(36)21-11-13-23(37-3)14-12-21)33-34-27(35)38-17-19-8-6-10-22(15-19)28(29,30)31/h5-15H,4,16-17H2,1-3H3,(H,32,36). The molecule has 0 saturated heterocycles. The molecule has 0 aliphatic carbocycles. The van der Waals surface area contributed by atoms with E-state index in [1.54, 1.807) is 37.4 Å². The fourth-order valence-electron chi connectivity index (χ4n) is 4.05. The van der Waals surface area contributed by atoms with Crippen LogP contribution in [0.2, 0.25) is 0 Å². The van der Waals surface area contributed by atoms with Crippen molar-refractivity contribution >= 4 is 17.7 Å². The van der Waals surface area contributed by atoms with Gasteiger partial charge in [0.25, 0.3) is 5.91 Å². The molecule has 6 nitrogen and oxygen atoms in total. The van der Waals surface area contributed by atoms with Gasteiger partial charge in [-0.15, -0.1) is 10.2 Å². The number of methoxy groups -OCH3 is 1. The second kappa shape index (κ2) is 11.7. The monoisotopic (exact) mass is 540 g/mol. The highest BCUT2D eigenvalue weighted by atomic mass is 32.2. The molecule has 1 amide bonds. The topological polar surface area (TPSA) is 69.0 Å². The van der Waals surface area contributed by atoms with Gasteiger partial charge < -0.3 is 10.1 Å². The van der Waals surface area contributed by atoms with E-state index in [4.69, 9.17) is 4.74 Å². The number of carbonyl (C=O) groups excluding carboxylic acids is 1. The van der Waals surface area contributed by atoms with E-state index >= 15 is 0 Å². The highest BCUT2D eigenvalue weighted by Crippen LogP contribution is 2.32. The third-order valence-electron chi connectivity index (χ3n) is 6.01. The van der Waals surface area contributed by atoms with Crippen LogP contribution in [0.3, 0.4) is 0 Å². The van der Waals surface area contributed by atoms with Crippen LogP contribution < -0.4 is 10.1 Å². The summed E-state index contributed by atoms with van der Waals surface area (Å²) < 4.78 is 46.6. The first kappa shape index (κ1) is 27.3. The number of hydrogen-bond acceptors (Lipinski definition) is 5. The average molecular weight is 541 g/mol. The maximum absolute atomic E-state index is 13.2. The van der Waals surface area contributed by atoms with Crippen LogP contribution in [0.4, 0.5) is 13.2 Å². The SMILES string of the molecule is CCc1cccc(C)c1-n1c(CNC(=O)c2ccc(OC)cc2)nnc1SCc1cccc(C(F)(F)F)c1. The van der Waals surface area contributed by atoms with Gasteiger partial charge in [0.15, 0.2) is 11.0 Å². The molecule has 38 heavy (non-hydrogen) atoms. The van der Waals surface area contributed by atoms with Crippen molar-refractivity contribution in [1.29, 1.82) is 0 Å². The number of amides is 1. The molecule has 0 aliphatic heterocycles. The third-order valence-corrected chi connectivity index (χ3v) is 7.01. The maximum atomic E-state index is 13.2. The summed E-state index contributed by atoms with van der Waals surface area (Å²) in [5, 5.41) is 12.1. The van der Waals surface area contributed by atoms with E-state index in [-0.39, 0.29) is 18.2 Å². The lowest BCUT2D eigenvalue weighted by Gasteiger charge is -2.17. The zero-order chi connectivity index (χ0) is 27.3. The number of rotatable bonds is 9. The molecule has 0 unspecified atom stereocenters.